The van der Waals surface area contributed by atoms with Gasteiger partial charge in [-0.15, -0.1) is 0 Å². The fourth-order valence-electron chi connectivity index (χ4n) is 3.57. The van der Waals surface area contributed by atoms with E-state index in [1.54, 1.807) is 32.4 Å². The molecule has 2 aromatic carbocycles. The zero-order valence-electron chi connectivity index (χ0n) is 18.3. The van der Waals surface area contributed by atoms with Gasteiger partial charge in [0.25, 0.3) is 5.91 Å². The van der Waals surface area contributed by atoms with Crippen LogP contribution < -0.4 is 23.8 Å². The van der Waals surface area contributed by atoms with E-state index < -0.39 is 16.1 Å². The highest BCUT2D eigenvalue weighted by Gasteiger charge is 2.35. The number of hydrogen-bond donors (Lipinski definition) is 1. The van der Waals surface area contributed by atoms with E-state index in [1.807, 2.05) is 32.0 Å². The summed E-state index contributed by atoms with van der Waals surface area (Å²) in [7, 11) is -0.472. The topological polar surface area (TPSA) is 94.2 Å². The number of methoxy groups -OCH3 is 2. The Morgan fingerprint density at radius 3 is 2.52 bits per heavy atom. The Morgan fingerprint density at radius 2 is 1.90 bits per heavy atom. The zero-order chi connectivity index (χ0) is 22.8. The predicted molar refractivity (Wildman–Crippen MR) is 119 cm³/mol. The number of nitrogens with one attached hydrogen (secondary N) is 1. The zero-order valence-corrected chi connectivity index (χ0v) is 19.2. The van der Waals surface area contributed by atoms with E-state index in [1.165, 1.54) is 4.31 Å². The van der Waals surface area contributed by atoms with Crippen molar-refractivity contribution >= 4 is 21.6 Å². The predicted octanol–water partition coefficient (Wildman–Crippen LogP) is 2.81. The van der Waals surface area contributed by atoms with Gasteiger partial charge in [0.15, 0.2) is 17.6 Å². The van der Waals surface area contributed by atoms with Crippen LogP contribution in [0.15, 0.2) is 36.4 Å². The van der Waals surface area contributed by atoms with Crippen LogP contribution in [0.5, 0.6) is 17.2 Å². The third-order valence-electron chi connectivity index (χ3n) is 5.21. The molecular weight excluding hydrogens is 420 g/mol. The van der Waals surface area contributed by atoms with E-state index in [0.29, 0.717) is 29.4 Å². The molecule has 1 aliphatic rings. The van der Waals surface area contributed by atoms with Crippen molar-refractivity contribution in [1.29, 1.82) is 0 Å². The van der Waals surface area contributed by atoms with Crippen molar-refractivity contribution in [2.45, 2.75) is 32.4 Å². The number of ether oxygens (including phenoxy) is 3. The number of carbonyl (C=O) groups excluding carboxylic acids is 1. The van der Waals surface area contributed by atoms with Gasteiger partial charge in [-0.3, -0.25) is 9.10 Å². The Bertz CT molecular complexity index is 1070. The molecule has 0 aliphatic carbocycles. The molecule has 0 bridgehead atoms. The van der Waals surface area contributed by atoms with Crippen LogP contribution in [0.25, 0.3) is 0 Å². The highest BCUT2D eigenvalue weighted by Crippen LogP contribution is 2.36. The Morgan fingerprint density at radius 1 is 1.19 bits per heavy atom. The quantitative estimate of drug-likeness (QED) is 0.700. The minimum Gasteiger partial charge on any atom is -0.493 e. The highest BCUT2D eigenvalue weighted by atomic mass is 32.2. The number of benzene rings is 2. The summed E-state index contributed by atoms with van der Waals surface area (Å²) in [6, 6.07) is 10.4. The van der Waals surface area contributed by atoms with Gasteiger partial charge in [-0.25, -0.2) is 8.42 Å². The van der Waals surface area contributed by atoms with E-state index in [-0.39, 0.29) is 18.5 Å². The lowest BCUT2D eigenvalue weighted by atomic mass is 10.0. The SMILES string of the molecule is CC[C@H](NC(=O)[C@@H]1CN(S(C)(=O)=O)c2cc(C)ccc2O1)c1ccc(OC)c(OC)c1. The smallest absolute Gasteiger partial charge is 0.263 e. The maximum absolute atomic E-state index is 13.1. The summed E-state index contributed by atoms with van der Waals surface area (Å²) in [6.45, 7) is 3.72. The molecule has 0 aromatic heterocycles. The van der Waals surface area contributed by atoms with Gasteiger partial charge in [-0.1, -0.05) is 19.1 Å². The molecule has 1 heterocycles. The average molecular weight is 449 g/mol. The fourth-order valence-corrected chi connectivity index (χ4v) is 4.47. The van der Waals surface area contributed by atoms with Crippen molar-refractivity contribution in [2.24, 2.45) is 0 Å². The van der Waals surface area contributed by atoms with Gasteiger partial charge < -0.3 is 19.5 Å². The lowest BCUT2D eigenvalue weighted by molar-refractivity contribution is -0.128. The summed E-state index contributed by atoms with van der Waals surface area (Å²) in [6.07, 6.45) is 0.774. The first-order chi connectivity index (χ1) is 14.7. The Kier molecular flexibility index (Phi) is 6.64. The number of carbonyl (C=O) groups is 1. The van der Waals surface area contributed by atoms with Crippen molar-refractivity contribution in [3.63, 3.8) is 0 Å². The van der Waals surface area contributed by atoms with E-state index >= 15 is 0 Å². The summed E-state index contributed by atoms with van der Waals surface area (Å²) in [5, 5.41) is 2.97. The molecule has 8 nitrogen and oxygen atoms in total. The lowest BCUT2D eigenvalue weighted by Gasteiger charge is -2.34. The van der Waals surface area contributed by atoms with Gasteiger partial charge in [0.05, 0.1) is 38.7 Å². The molecule has 0 saturated heterocycles. The number of nitrogens with zero attached hydrogens (tertiary/aromatic N) is 1. The van der Waals surface area contributed by atoms with Gasteiger partial charge >= 0.3 is 0 Å². The number of hydrogen-bond acceptors (Lipinski definition) is 6. The molecular formula is C22H28N2O6S. The molecule has 0 radical (unpaired) electrons. The van der Waals surface area contributed by atoms with Gasteiger partial charge in [0.2, 0.25) is 10.0 Å². The maximum atomic E-state index is 13.1. The van der Waals surface area contributed by atoms with Crippen molar-refractivity contribution < 1.29 is 27.4 Å². The van der Waals surface area contributed by atoms with Crippen LogP contribution in [-0.4, -0.2) is 47.4 Å². The first-order valence-corrected chi connectivity index (χ1v) is 11.8. The molecule has 0 spiro atoms. The fraction of sp³-hybridized carbons (Fsp3) is 0.409. The van der Waals surface area contributed by atoms with Gasteiger partial charge in [0.1, 0.15) is 5.75 Å². The highest BCUT2D eigenvalue weighted by molar-refractivity contribution is 7.92. The molecule has 1 amide bonds. The molecule has 168 valence electrons. The average Bonchev–Trinajstić information content (AvgIpc) is 2.75. The van der Waals surface area contributed by atoms with Crippen LogP contribution in [0.1, 0.15) is 30.5 Å². The number of sulfonamides is 1. The molecule has 2 aromatic rings. The van der Waals surface area contributed by atoms with Crippen molar-refractivity contribution in [3.05, 3.63) is 47.5 Å². The first-order valence-electron chi connectivity index (χ1n) is 9.95. The van der Waals surface area contributed by atoms with Gasteiger partial charge in [-0.05, 0) is 48.7 Å². The monoisotopic (exact) mass is 448 g/mol. The molecule has 2 atom stereocenters. The third kappa shape index (κ3) is 4.87. The lowest BCUT2D eigenvalue weighted by Crippen LogP contribution is -2.51. The number of rotatable bonds is 7. The van der Waals surface area contributed by atoms with Crippen LogP contribution in [-0.2, 0) is 14.8 Å². The van der Waals surface area contributed by atoms with E-state index in [4.69, 9.17) is 14.2 Å². The van der Waals surface area contributed by atoms with Gasteiger partial charge in [0, 0.05) is 0 Å². The van der Waals surface area contributed by atoms with E-state index in [0.717, 1.165) is 17.4 Å². The Hall–Kier alpha value is -2.94. The normalized spacial score (nSPS) is 16.7. The molecule has 0 saturated carbocycles. The summed E-state index contributed by atoms with van der Waals surface area (Å²) >= 11 is 0. The van der Waals surface area contributed by atoms with Crippen LogP contribution in [0, 0.1) is 6.92 Å². The second kappa shape index (κ2) is 9.05. The van der Waals surface area contributed by atoms with Crippen molar-refractivity contribution in [1.82, 2.24) is 5.32 Å². The standard InChI is InChI=1S/C22H28N2O6S/c1-6-16(15-8-10-19(28-3)20(12-15)29-4)23-22(25)21-13-24(31(5,26)27)17-11-14(2)7-9-18(17)30-21/h7-12,16,21H,6,13H2,1-5H3,(H,23,25)/t16-,21-/m0/s1. The second-order valence-electron chi connectivity index (χ2n) is 7.46. The summed E-state index contributed by atoms with van der Waals surface area (Å²) in [5.74, 6) is 1.14. The van der Waals surface area contributed by atoms with Crippen LogP contribution >= 0.6 is 0 Å². The van der Waals surface area contributed by atoms with Crippen molar-refractivity contribution in [2.75, 3.05) is 31.3 Å². The number of aryl methyl sites for hydroxylation is 1. The van der Waals surface area contributed by atoms with Gasteiger partial charge in [-0.2, -0.15) is 0 Å². The summed E-state index contributed by atoms with van der Waals surface area (Å²) < 4.78 is 42.5. The summed E-state index contributed by atoms with van der Waals surface area (Å²) in [4.78, 5) is 13.1. The largest absolute Gasteiger partial charge is 0.493 e. The molecule has 1 aliphatic heterocycles. The van der Waals surface area contributed by atoms with Crippen LogP contribution in [0.2, 0.25) is 0 Å². The molecule has 3 rings (SSSR count). The molecule has 9 heteroatoms. The van der Waals surface area contributed by atoms with Crippen molar-refractivity contribution in [3.8, 4) is 17.2 Å². The molecule has 1 N–H and O–H groups in total. The van der Waals surface area contributed by atoms with Crippen LogP contribution in [0.3, 0.4) is 0 Å². The number of anilines is 1. The number of fused-ring (bicyclic) bond motifs is 1. The first kappa shape index (κ1) is 22.7. The number of amides is 1. The van der Waals surface area contributed by atoms with E-state index in [2.05, 4.69) is 5.32 Å². The molecule has 31 heavy (non-hydrogen) atoms. The minimum absolute atomic E-state index is 0.0938. The summed E-state index contributed by atoms with van der Waals surface area (Å²) in [5.41, 5.74) is 2.19. The van der Waals surface area contributed by atoms with E-state index in [9.17, 15) is 13.2 Å². The maximum Gasteiger partial charge on any atom is 0.263 e. The Labute approximate surface area is 183 Å². The third-order valence-corrected chi connectivity index (χ3v) is 6.36. The van der Waals surface area contributed by atoms with Crippen LogP contribution in [0.4, 0.5) is 5.69 Å². The second-order valence-corrected chi connectivity index (χ2v) is 9.36. The minimum atomic E-state index is -3.58. The Balaban J connectivity index is 1.84. The molecule has 0 fully saturated rings. The molecule has 0 unspecified atom stereocenters.